The SMILES string of the molecule is COc1cccc(-n2c(Cc3cc(=O)[nH]c(=O)[nH]3)nnc2SCC(=O)NCc2ccccc2)c1. The zero-order valence-electron chi connectivity index (χ0n) is 18.3. The van der Waals surface area contributed by atoms with Crippen LogP contribution in [0, 0.1) is 0 Å². The molecule has 0 saturated heterocycles. The third-order valence-electron chi connectivity index (χ3n) is 4.84. The highest BCUT2D eigenvalue weighted by Crippen LogP contribution is 2.25. The van der Waals surface area contributed by atoms with E-state index in [4.69, 9.17) is 4.74 Å². The molecule has 3 N–H and O–H groups in total. The van der Waals surface area contributed by atoms with Gasteiger partial charge in [0.1, 0.15) is 11.6 Å². The second-order valence-electron chi connectivity index (χ2n) is 7.28. The first-order chi connectivity index (χ1) is 16.5. The summed E-state index contributed by atoms with van der Waals surface area (Å²) in [5, 5.41) is 11.9. The van der Waals surface area contributed by atoms with Gasteiger partial charge in [-0.2, -0.15) is 0 Å². The van der Waals surface area contributed by atoms with Crippen molar-refractivity contribution in [3.05, 3.63) is 98.6 Å². The summed E-state index contributed by atoms with van der Waals surface area (Å²) in [6, 6.07) is 18.3. The molecule has 0 atom stereocenters. The number of hydrogen-bond donors (Lipinski definition) is 3. The van der Waals surface area contributed by atoms with Crippen LogP contribution in [0.2, 0.25) is 0 Å². The molecule has 0 radical (unpaired) electrons. The van der Waals surface area contributed by atoms with Crippen LogP contribution in [0.3, 0.4) is 0 Å². The molecule has 2 heterocycles. The molecule has 0 aliphatic carbocycles. The number of aromatic amines is 2. The number of thioether (sulfide) groups is 1. The Morgan fingerprint density at radius 3 is 2.65 bits per heavy atom. The van der Waals surface area contributed by atoms with Gasteiger partial charge in [-0.3, -0.25) is 19.1 Å². The molecule has 1 amide bonds. The number of rotatable bonds is 9. The highest BCUT2D eigenvalue weighted by Gasteiger charge is 2.17. The Morgan fingerprint density at radius 1 is 1.06 bits per heavy atom. The fraction of sp³-hybridized carbons (Fsp3) is 0.174. The van der Waals surface area contributed by atoms with E-state index in [9.17, 15) is 14.4 Å². The Bertz CT molecular complexity index is 1370. The average molecular weight is 479 g/mol. The number of aromatic nitrogens is 5. The van der Waals surface area contributed by atoms with Crippen LogP contribution in [-0.2, 0) is 17.8 Å². The maximum Gasteiger partial charge on any atom is 0.325 e. The van der Waals surface area contributed by atoms with Crippen molar-refractivity contribution in [1.82, 2.24) is 30.0 Å². The smallest absolute Gasteiger partial charge is 0.325 e. The molecule has 0 spiro atoms. The molecule has 34 heavy (non-hydrogen) atoms. The van der Waals surface area contributed by atoms with Crippen LogP contribution < -0.4 is 21.3 Å². The Morgan fingerprint density at radius 2 is 1.88 bits per heavy atom. The van der Waals surface area contributed by atoms with Gasteiger partial charge in [0.25, 0.3) is 5.56 Å². The van der Waals surface area contributed by atoms with Crippen molar-refractivity contribution in [3.8, 4) is 11.4 Å². The minimum atomic E-state index is -0.598. The van der Waals surface area contributed by atoms with Gasteiger partial charge in [0, 0.05) is 30.8 Å². The lowest BCUT2D eigenvalue weighted by Crippen LogP contribution is -2.24. The summed E-state index contributed by atoms with van der Waals surface area (Å²) in [4.78, 5) is 40.5. The number of amides is 1. The summed E-state index contributed by atoms with van der Waals surface area (Å²) >= 11 is 1.23. The molecule has 0 aliphatic rings. The van der Waals surface area contributed by atoms with Crippen LogP contribution in [0.25, 0.3) is 5.69 Å². The lowest BCUT2D eigenvalue weighted by molar-refractivity contribution is -0.118. The Hall–Kier alpha value is -4.12. The molecule has 0 aliphatic heterocycles. The standard InChI is InChI=1S/C23H22N6O4S/c1-33-18-9-5-8-17(12-18)29-19(10-16-11-20(30)26-22(32)25-16)27-28-23(29)34-14-21(31)24-13-15-6-3-2-4-7-15/h2-9,11-12H,10,13-14H2,1H3,(H,24,31)(H2,25,26,30,32). The highest BCUT2D eigenvalue weighted by atomic mass is 32.2. The summed E-state index contributed by atoms with van der Waals surface area (Å²) in [6.07, 6.45) is 0.157. The molecule has 2 aromatic heterocycles. The van der Waals surface area contributed by atoms with Gasteiger partial charge in [-0.15, -0.1) is 10.2 Å². The molecule has 0 unspecified atom stereocenters. The number of benzene rings is 2. The van der Waals surface area contributed by atoms with Gasteiger partial charge in [0.05, 0.1) is 18.6 Å². The quantitative estimate of drug-likeness (QED) is 0.311. The monoisotopic (exact) mass is 478 g/mol. The Kier molecular flexibility index (Phi) is 7.23. The van der Waals surface area contributed by atoms with Gasteiger partial charge in [-0.1, -0.05) is 48.2 Å². The van der Waals surface area contributed by atoms with Crippen LogP contribution in [0.4, 0.5) is 0 Å². The molecule has 0 fully saturated rings. The molecule has 0 bridgehead atoms. The number of methoxy groups -OCH3 is 1. The summed E-state index contributed by atoms with van der Waals surface area (Å²) in [5.74, 6) is 1.12. The minimum Gasteiger partial charge on any atom is -0.497 e. The average Bonchev–Trinajstić information content (AvgIpc) is 3.23. The van der Waals surface area contributed by atoms with E-state index in [-0.39, 0.29) is 18.1 Å². The highest BCUT2D eigenvalue weighted by molar-refractivity contribution is 7.99. The largest absolute Gasteiger partial charge is 0.497 e. The van der Waals surface area contributed by atoms with E-state index < -0.39 is 11.2 Å². The fourth-order valence-corrected chi connectivity index (χ4v) is 4.08. The summed E-state index contributed by atoms with van der Waals surface area (Å²) in [6.45, 7) is 0.434. The lowest BCUT2D eigenvalue weighted by atomic mass is 10.2. The van der Waals surface area contributed by atoms with E-state index >= 15 is 0 Å². The van der Waals surface area contributed by atoms with Crippen LogP contribution in [0.1, 0.15) is 17.1 Å². The van der Waals surface area contributed by atoms with Crippen LogP contribution in [0.15, 0.2) is 75.4 Å². The number of nitrogens with one attached hydrogen (secondary N) is 3. The van der Waals surface area contributed by atoms with E-state index in [1.807, 2.05) is 54.6 Å². The van der Waals surface area contributed by atoms with Crippen LogP contribution in [0.5, 0.6) is 5.75 Å². The second kappa shape index (κ2) is 10.7. The predicted octanol–water partition coefficient (Wildman–Crippen LogP) is 1.65. The first kappa shape index (κ1) is 23.1. The van der Waals surface area contributed by atoms with E-state index in [0.29, 0.717) is 29.0 Å². The number of carbonyl (C=O) groups excluding carboxylic acids is 1. The van der Waals surface area contributed by atoms with E-state index in [1.165, 1.54) is 17.8 Å². The van der Waals surface area contributed by atoms with Crippen molar-refractivity contribution in [1.29, 1.82) is 0 Å². The zero-order chi connectivity index (χ0) is 23.9. The first-order valence-corrected chi connectivity index (χ1v) is 11.3. The number of H-pyrrole nitrogens is 2. The zero-order valence-corrected chi connectivity index (χ0v) is 19.1. The van der Waals surface area contributed by atoms with E-state index in [1.54, 1.807) is 11.7 Å². The molecule has 11 heteroatoms. The summed E-state index contributed by atoms with van der Waals surface area (Å²) in [5.41, 5.74) is 1.02. The van der Waals surface area contributed by atoms with E-state index in [2.05, 4.69) is 25.5 Å². The Balaban J connectivity index is 1.57. The van der Waals surface area contributed by atoms with Gasteiger partial charge in [0.15, 0.2) is 5.16 Å². The molecule has 174 valence electrons. The van der Waals surface area contributed by atoms with Crippen molar-refractivity contribution in [2.24, 2.45) is 0 Å². The minimum absolute atomic E-state index is 0.136. The van der Waals surface area contributed by atoms with Gasteiger partial charge in [-0.05, 0) is 17.7 Å². The number of carbonyl (C=O) groups is 1. The van der Waals surface area contributed by atoms with Crippen molar-refractivity contribution in [3.63, 3.8) is 0 Å². The molecule has 2 aromatic carbocycles. The number of ether oxygens (including phenoxy) is 1. The molecular formula is C23H22N6O4S. The third-order valence-corrected chi connectivity index (χ3v) is 5.77. The van der Waals surface area contributed by atoms with Crippen LogP contribution >= 0.6 is 11.8 Å². The van der Waals surface area contributed by atoms with Crippen molar-refractivity contribution < 1.29 is 9.53 Å². The second-order valence-corrected chi connectivity index (χ2v) is 8.22. The first-order valence-electron chi connectivity index (χ1n) is 10.4. The maximum absolute atomic E-state index is 12.4. The van der Waals surface area contributed by atoms with Crippen molar-refractivity contribution in [2.75, 3.05) is 12.9 Å². The maximum atomic E-state index is 12.4. The number of hydrogen-bond acceptors (Lipinski definition) is 7. The van der Waals surface area contributed by atoms with Gasteiger partial charge >= 0.3 is 5.69 Å². The number of nitrogens with zero attached hydrogens (tertiary/aromatic N) is 3. The molecule has 10 nitrogen and oxygen atoms in total. The van der Waals surface area contributed by atoms with Crippen LogP contribution in [-0.4, -0.2) is 43.5 Å². The van der Waals surface area contributed by atoms with Gasteiger partial charge < -0.3 is 15.0 Å². The summed E-state index contributed by atoms with van der Waals surface area (Å²) in [7, 11) is 1.57. The molecule has 4 rings (SSSR count). The molecule has 0 saturated carbocycles. The molecular weight excluding hydrogens is 456 g/mol. The topological polar surface area (TPSA) is 135 Å². The lowest BCUT2D eigenvalue weighted by Gasteiger charge is -2.11. The fourth-order valence-electron chi connectivity index (χ4n) is 3.28. The normalized spacial score (nSPS) is 10.7. The van der Waals surface area contributed by atoms with Gasteiger partial charge in [-0.25, -0.2) is 4.79 Å². The van der Waals surface area contributed by atoms with Gasteiger partial charge in [0.2, 0.25) is 5.91 Å². The van der Waals surface area contributed by atoms with E-state index in [0.717, 1.165) is 11.3 Å². The van der Waals surface area contributed by atoms with Crippen molar-refractivity contribution in [2.45, 2.75) is 18.1 Å². The van der Waals surface area contributed by atoms with Crippen molar-refractivity contribution >= 4 is 17.7 Å². The summed E-state index contributed by atoms with van der Waals surface area (Å²) < 4.78 is 7.11. The molecule has 4 aromatic rings. The Labute approximate surface area is 198 Å². The third kappa shape index (κ3) is 5.81. The predicted molar refractivity (Wildman–Crippen MR) is 127 cm³/mol.